The van der Waals surface area contributed by atoms with Crippen molar-refractivity contribution in [3.63, 3.8) is 0 Å². The highest BCUT2D eigenvalue weighted by Gasteiger charge is 2.20. The van der Waals surface area contributed by atoms with Crippen LogP contribution in [0.3, 0.4) is 0 Å². The van der Waals surface area contributed by atoms with Gasteiger partial charge in [-0.3, -0.25) is 4.79 Å². The van der Waals surface area contributed by atoms with Crippen LogP contribution >= 0.6 is 0 Å². The highest BCUT2D eigenvalue weighted by molar-refractivity contribution is 5.79. The number of carbonyl (C=O) groups excluding carboxylic acids is 1. The van der Waals surface area contributed by atoms with E-state index in [1.54, 1.807) is 21.3 Å². The van der Waals surface area contributed by atoms with Crippen molar-refractivity contribution in [3.05, 3.63) is 53.1 Å². The fourth-order valence-electron chi connectivity index (χ4n) is 3.46. The third-order valence-electron chi connectivity index (χ3n) is 4.95. The number of rotatable bonds is 10. The van der Waals surface area contributed by atoms with Crippen LogP contribution in [-0.2, 0) is 17.6 Å². The summed E-state index contributed by atoms with van der Waals surface area (Å²) >= 11 is 0. The SMILES string of the molecule is CCCc1ccc(C(NC(=O)Cc2cc(OC)c(OC)c(OC)c2)C(C)C)cc1. The molecule has 0 spiro atoms. The fourth-order valence-corrected chi connectivity index (χ4v) is 3.46. The van der Waals surface area contributed by atoms with Crippen molar-refractivity contribution >= 4 is 5.91 Å². The van der Waals surface area contributed by atoms with Crippen molar-refractivity contribution in [2.24, 2.45) is 5.92 Å². The van der Waals surface area contributed by atoms with E-state index in [9.17, 15) is 4.79 Å². The molecule has 2 aromatic carbocycles. The summed E-state index contributed by atoms with van der Waals surface area (Å²) in [5.41, 5.74) is 3.25. The molecular weight excluding hydrogens is 366 g/mol. The predicted octanol–water partition coefficient (Wildman–Crippen LogP) is 4.72. The minimum Gasteiger partial charge on any atom is -0.493 e. The van der Waals surface area contributed by atoms with Crippen LogP contribution in [0.4, 0.5) is 0 Å². The van der Waals surface area contributed by atoms with Crippen LogP contribution in [0.25, 0.3) is 0 Å². The first kappa shape index (κ1) is 22.6. The molecule has 0 bridgehead atoms. The van der Waals surface area contributed by atoms with Crippen molar-refractivity contribution in [1.82, 2.24) is 5.32 Å². The minimum atomic E-state index is -0.0457. The molecule has 0 aliphatic heterocycles. The Balaban J connectivity index is 2.16. The lowest BCUT2D eigenvalue weighted by atomic mass is 9.94. The molecule has 1 amide bonds. The normalized spacial score (nSPS) is 11.8. The molecule has 0 saturated carbocycles. The second-order valence-corrected chi connectivity index (χ2v) is 7.49. The molecule has 5 heteroatoms. The van der Waals surface area contributed by atoms with Crippen LogP contribution in [0.2, 0.25) is 0 Å². The lowest BCUT2D eigenvalue weighted by Gasteiger charge is -2.23. The van der Waals surface area contributed by atoms with Gasteiger partial charge < -0.3 is 19.5 Å². The van der Waals surface area contributed by atoms with Gasteiger partial charge in [-0.05, 0) is 41.2 Å². The number of amides is 1. The monoisotopic (exact) mass is 399 g/mol. The Morgan fingerprint density at radius 2 is 1.52 bits per heavy atom. The molecule has 0 fully saturated rings. The lowest BCUT2D eigenvalue weighted by molar-refractivity contribution is -0.121. The second kappa shape index (κ2) is 10.7. The number of carbonyl (C=O) groups is 1. The van der Waals surface area contributed by atoms with Gasteiger partial charge in [0.15, 0.2) is 11.5 Å². The van der Waals surface area contributed by atoms with Crippen LogP contribution in [0.1, 0.15) is 49.9 Å². The van der Waals surface area contributed by atoms with E-state index in [0.29, 0.717) is 17.2 Å². The number of hydrogen-bond acceptors (Lipinski definition) is 4. The zero-order valence-corrected chi connectivity index (χ0v) is 18.4. The summed E-state index contributed by atoms with van der Waals surface area (Å²) in [5, 5.41) is 3.18. The largest absolute Gasteiger partial charge is 0.493 e. The summed E-state index contributed by atoms with van der Waals surface area (Å²) in [6, 6.07) is 12.1. The van der Waals surface area contributed by atoms with Gasteiger partial charge in [0.25, 0.3) is 0 Å². The molecule has 1 unspecified atom stereocenters. The molecule has 2 aromatic rings. The Hall–Kier alpha value is -2.69. The van der Waals surface area contributed by atoms with Crippen molar-refractivity contribution in [2.75, 3.05) is 21.3 Å². The topological polar surface area (TPSA) is 56.8 Å². The van der Waals surface area contributed by atoms with Gasteiger partial charge in [0.05, 0.1) is 33.8 Å². The molecular formula is C24H33NO4. The first-order valence-corrected chi connectivity index (χ1v) is 10.1. The van der Waals surface area contributed by atoms with Gasteiger partial charge in [0, 0.05) is 0 Å². The van der Waals surface area contributed by atoms with Gasteiger partial charge >= 0.3 is 0 Å². The fraction of sp³-hybridized carbons (Fsp3) is 0.458. The summed E-state index contributed by atoms with van der Waals surface area (Å²) in [6.07, 6.45) is 2.42. The zero-order valence-electron chi connectivity index (χ0n) is 18.4. The number of hydrogen-bond donors (Lipinski definition) is 1. The smallest absolute Gasteiger partial charge is 0.224 e. The second-order valence-electron chi connectivity index (χ2n) is 7.49. The molecule has 158 valence electrons. The van der Waals surface area contributed by atoms with Gasteiger partial charge in [-0.2, -0.15) is 0 Å². The van der Waals surface area contributed by atoms with E-state index in [1.807, 2.05) is 12.1 Å². The molecule has 2 rings (SSSR count). The van der Waals surface area contributed by atoms with E-state index < -0.39 is 0 Å². The van der Waals surface area contributed by atoms with Gasteiger partial charge in [-0.15, -0.1) is 0 Å². The van der Waals surface area contributed by atoms with E-state index >= 15 is 0 Å². The maximum atomic E-state index is 12.8. The Labute approximate surface area is 174 Å². The molecule has 1 N–H and O–H groups in total. The molecule has 5 nitrogen and oxygen atoms in total. The van der Waals surface area contributed by atoms with Crippen molar-refractivity contribution in [1.29, 1.82) is 0 Å². The van der Waals surface area contributed by atoms with E-state index in [2.05, 4.69) is 50.4 Å². The number of ether oxygens (including phenoxy) is 3. The molecule has 1 atom stereocenters. The number of benzene rings is 2. The maximum Gasteiger partial charge on any atom is 0.224 e. The van der Waals surface area contributed by atoms with Crippen molar-refractivity contribution in [2.45, 2.75) is 46.1 Å². The quantitative estimate of drug-likeness (QED) is 0.628. The molecule has 0 saturated heterocycles. The summed E-state index contributed by atoms with van der Waals surface area (Å²) in [6.45, 7) is 6.41. The van der Waals surface area contributed by atoms with E-state index in [4.69, 9.17) is 14.2 Å². The number of methoxy groups -OCH3 is 3. The average Bonchev–Trinajstić information content (AvgIpc) is 2.72. The first-order chi connectivity index (χ1) is 13.9. The Bertz CT molecular complexity index is 774. The third kappa shape index (κ3) is 5.89. The maximum absolute atomic E-state index is 12.8. The molecule has 0 heterocycles. The standard InChI is InChI=1S/C24H33NO4/c1-7-8-17-9-11-19(12-10-17)23(16(2)3)25-22(26)15-18-13-20(27-4)24(29-6)21(14-18)28-5/h9-14,16,23H,7-8,15H2,1-6H3,(H,25,26). The summed E-state index contributed by atoms with van der Waals surface area (Å²) < 4.78 is 16.1. The Kier molecular flexibility index (Phi) is 8.37. The number of nitrogens with one attached hydrogen (secondary N) is 1. The van der Waals surface area contributed by atoms with Gasteiger partial charge in [0.2, 0.25) is 11.7 Å². The number of aryl methyl sites for hydroxylation is 1. The predicted molar refractivity (Wildman–Crippen MR) is 116 cm³/mol. The van der Waals surface area contributed by atoms with E-state index in [-0.39, 0.29) is 24.3 Å². The molecule has 29 heavy (non-hydrogen) atoms. The lowest BCUT2D eigenvalue weighted by Crippen LogP contribution is -2.32. The molecule has 0 aromatic heterocycles. The van der Waals surface area contributed by atoms with Gasteiger partial charge in [-0.25, -0.2) is 0 Å². The van der Waals surface area contributed by atoms with Crippen LogP contribution < -0.4 is 19.5 Å². The summed E-state index contributed by atoms with van der Waals surface area (Å²) in [4.78, 5) is 12.8. The van der Waals surface area contributed by atoms with E-state index in [0.717, 1.165) is 24.0 Å². The average molecular weight is 400 g/mol. The highest BCUT2D eigenvalue weighted by atomic mass is 16.5. The van der Waals surface area contributed by atoms with Gasteiger partial charge in [0.1, 0.15) is 0 Å². The molecule has 0 radical (unpaired) electrons. The van der Waals surface area contributed by atoms with Crippen molar-refractivity contribution < 1.29 is 19.0 Å². The molecule has 0 aliphatic rings. The van der Waals surface area contributed by atoms with Crippen LogP contribution in [0.5, 0.6) is 17.2 Å². The van der Waals surface area contributed by atoms with Crippen LogP contribution in [-0.4, -0.2) is 27.2 Å². The van der Waals surface area contributed by atoms with Crippen LogP contribution in [0, 0.1) is 5.92 Å². The Morgan fingerprint density at radius 3 is 1.97 bits per heavy atom. The van der Waals surface area contributed by atoms with E-state index in [1.165, 1.54) is 5.56 Å². The summed E-state index contributed by atoms with van der Waals surface area (Å²) in [5.74, 6) is 1.83. The minimum absolute atomic E-state index is 0.0415. The zero-order chi connectivity index (χ0) is 21.4. The first-order valence-electron chi connectivity index (χ1n) is 10.1. The van der Waals surface area contributed by atoms with Crippen LogP contribution in [0.15, 0.2) is 36.4 Å². The molecule has 0 aliphatic carbocycles. The Morgan fingerprint density at radius 1 is 0.931 bits per heavy atom. The van der Waals surface area contributed by atoms with Crippen molar-refractivity contribution in [3.8, 4) is 17.2 Å². The highest BCUT2D eigenvalue weighted by Crippen LogP contribution is 2.38. The third-order valence-corrected chi connectivity index (χ3v) is 4.95. The van der Waals surface area contributed by atoms with Gasteiger partial charge in [-0.1, -0.05) is 51.5 Å². The summed E-state index contributed by atoms with van der Waals surface area (Å²) in [7, 11) is 4.70.